The summed E-state index contributed by atoms with van der Waals surface area (Å²) >= 11 is 0. The van der Waals surface area contributed by atoms with E-state index in [-0.39, 0.29) is 30.4 Å². The Hall–Kier alpha value is -1.71. The molecule has 3 unspecified atom stereocenters. The van der Waals surface area contributed by atoms with Crippen molar-refractivity contribution < 1.29 is 33.7 Å². The smallest absolute Gasteiger partial charge is 0.306 e. The lowest BCUT2D eigenvalue weighted by molar-refractivity contribution is -0.150. The Labute approximate surface area is 466 Å². The van der Waals surface area contributed by atoms with Crippen molar-refractivity contribution in [3.05, 3.63) is 0 Å². The van der Waals surface area contributed by atoms with Crippen molar-refractivity contribution in [1.29, 1.82) is 0 Å². The Morgan fingerprint density at radius 3 is 1.23 bits per heavy atom. The molecule has 0 heterocycles. The van der Waals surface area contributed by atoms with Crippen LogP contribution in [0.25, 0.3) is 0 Å². The van der Waals surface area contributed by atoms with E-state index in [0.717, 1.165) is 90.4 Å². The summed E-state index contributed by atoms with van der Waals surface area (Å²) in [6, 6.07) is 0.606. The minimum atomic E-state index is -0.114. The average molecular weight is 1060 g/mol. The summed E-state index contributed by atoms with van der Waals surface area (Å²) in [6.45, 7) is 17.3. The molecule has 3 atom stereocenters. The van der Waals surface area contributed by atoms with Crippen molar-refractivity contribution in [3.8, 4) is 0 Å². The van der Waals surface area contributed by atoms with Crippen molar-refractivity contribution in [2.75, 3.05) is 59.2 Å². The maximum absolute atomic E-state index is 13.5. The first-order chi connectivity index (χ1) is 36.8. The van der Waals surface area contributed by atoms with Crippen LogP contribution >= 0.6 is 0 Å². The van der Waals surface area contributed by atoms with Gasteiger partial charge in [-0.15, -0.1) is 0 Å². The number of hydrogen-bond acceptors (Lipinski definition) is 9. The van der Waals surface area contributed by atoms with E-state index in [1.165, 1.54) is 205 Å². The topological polar surface area (TPSA) is 106 Å². The molecule has 0 saturated heterocycles. The van der Waals surface area contributed by atoms with Gasteiger partial charge in [-0.2, -0.15) is 0 Å². The molecular formula is C66H128N2O7. The van der Waals surface area contributed by atoms with E-state index in [0.29, 0.717) is 63.5 Å². The molecular weight excluding hydrogens is 933 g/mol. The summed E-state index contributed by atoms with van der Waals surface area (Å²) in [7, 11) is 0. The van der Waals surface area contributed by atoms with E-state index < -0.39 is 0 Å². The molecule has 1 rings (SSSR count). The number of rotatable bonds is 58. The highest BCUT2D eigenvalue weighted by atomic mass is 16.5. The number of carbonyl (C=O) groups excluding carboxylic acids is 3. The number of hydrogen-bond donors (Lipinski definition) is 1. The molecule has 1 saturated carbocycles. The molecule has 9 nitrogen and oxygen atoms in total. The fraction of sp³-hybridized carbons (Fsp3) is 0.955. The quantitative estimate of drug-likeness (QED) is 0.0362. The number of aliphatic hydroxyl groups excluding tert-OH is 1. The first-order valence-electron chi connectivity index (χ1n) is 33.3. The normalized spacial score (nSPS) is 14.2. The fourth-order valence-corrected chi connectivity index (χ4v) is 11.5. The van der Waals surface area contributed by atoms with Gasteiger partial charge >= 0.3 is 17.9 Å². The van der Waals surface area contributed by atoms with Crippen molar-refractivity contribution in [2.45, 2.75) is 330 Å². The summed E-state index contributed by atoms with van der Waals surface area (Å²) in [4.78, 5) is 44.4. The zero-order valence-electron chi connectivity index (χ0n) is 50.8. The molecule has 0 aromatic rings. The minimum absolute atomic E-state index is 0.00649. The summed E-state index contributed by atoms with van der Waals surface area (Å²) in [5.74, 6) is 0.669. The molecule has 0 aromatic carbocycles. The molecule has 75 heavy (non-hydrogen) atoms. The van der Waals surface area contributed by atoms with Gasteiger partial charge in [0.05, 0.1) is 26.4 Å². The number of aliphatic hydroxyl groups is 1. The van der Waals surface area contributed by atoms with Gasteiger partial charge in [-0.3, -0.25) is 24.2 Å². The van der Waals surface area contributed by atoms with Crippen LogP contribution in [0.2, 0.25) is 0 Å². The number of unbranched alkanes of at least 4 members (excludes halogenated alkanes) is 26. The lowest BCUT2D eigenvalue weighted by Gasteiger charge is -2.32. The Bertz CT molecular complexity index is 1240. The first kappa shape index (κ1) is 71.3. The maximum atomic E-state index is 13.5. The molecule has 1 aliphatic rings. The van der Waals surface area contributed by atoms with E-state index in [2.05, 4.69) is 44.4 Å². The first-order valence-corrected chi connectivity index (χ1v) is 33.3. The predicted octanol–water partition coefficient (Wildman–Crippen LogP) is 18.1. The van der Waals surface area contributed by atoms with Gasteiger partial charge in [0.15, 0.2) is 0 Å². The SMILES string of the molecule is CCCCCCCCCCC(=O)OCC(CCCCN(CCN(CCO)CCCCCC(=O)OCC(CCCCCC)CCCCCCCC)C1CCCC1)COC(=O)CC(CCCCCC)CCCCCCCC. The van der Waals surface area contributed by atoms with Crippen LogP contribution in [0.15, 0.2) is 0 Å². The Morgan fingerprint density at radius 1 is 0.387 bits per heavy atom. The molecule has 0 aliphatic heterocycles. The van der Waals surface area contributed by atoms with Gasteiger partial charge in [0.2, 0.25) is 0 Å². The van der Waals surface area contributed by atoms with Crippen LogP contribution in [0.5, 0.6) is 0 Å². The number of ether oxygens (including phenoxy) is 3. The largest absolute Gasteiger partial charge is 0.465 e. The van der Waals surface area contributed by atoms with Crippen LogP contribution in [0.3, 0.4) is 0 Å². The van der Waals surface area contributed by atoms with Crippen LogP contribution < -0.4 is 0 Å². The van der Waals surface area contributed by atoms with Crippen LogP contribution in [0.1, 0.15) is 324 Å². The summed E-state index contributed by atoms with van der Waals surface area (Å²) in [5.41, 5.74) is 0. The van der Waals surface area contributed by atoms with Crippen LogP contribution in [-0.4, -0.2) is 98.0 Å². The standard InChI is InChI=1S/C66H128N2O7/c1-6-11-16-21-24-25-28-34-48-65(71)74-58-62(59-75-66(72)56-60(41-30-19-14-9-4)42-32-26-22-17-12-7-2)45-38-40-51-68(63-46-36-37-47-63)53-52-67(54-55-69)50-39-29-35-49-64(70)73-57-61(43-31-20-15-10-5)44-33-27-23-18-13-8-3/h60-63,69H,6-59H2,1-5H3. The number of esters is 3. The van der Waals surface area contributed by atoms with Gasteiger partial charge in [0.1, 0.15) is 0 Å². The second-order valence-electron chi connectivity index (χ2n) is 23.7. The molecule has 1 N–H and O–H groups in total. The van der Waals surface area contributed by atoms with Gasteiger partial charge in [0, 0.05) is 50.9 Å². The van der Waals surface area contributed by atoms with Crippen LogP contribution in [0, 0.1) is 17.8 Å². The highest BCUT2D eigenvalue weighted by molar-refractivity contribution is 5.70. The lowest BCUT2D eigenvalue weighted by Crippen LogP contribution is -2.41. The molecule has 1 aliphatic carbocycles. The summed E-state index contributed by atoms with van der Waals surface area (Å²) in [5, 5.41) is 10.0. The maximum Gasteiger partial charge on any atom is 0.306 e. The van der Waals surface area contributed by atoms with Crippen LogP contribution in [-0.2, 0) is 28.6 Å². The van der Waals surface area contributed by atoms with Crippen molar-refractivity contribution in [1.82, 2.24) is 9.80 Å². The minimum Gasteiger partial charge on any atom is -0.465 e. The monoisotopic (exact) mass is 1060 g/mol. The zero-order chi connectivity index (χ0) is 54.5. The highest BCUT2D eigenvalue weighted by Crippen LogP contribution is 2.26. The molecule has 444 valence electrons. The molecule has 0 aromatic heterocycles. The molecule has 0 bridgehead atoms. The lowest BCUT2D eigenvalue weighted by atomic mass is 9.91. The van der Waals surface area contributed by atoms with Crippen molar-refractivity contribution in [3.63, 3.8) is 0 Å². The predicted molar refractivity (Wildman–Crippen MR) is 318 cm³/mol. The summed E-state index contributed by atoms with van der Waals surface area (Å²) < 4.78 is 17.9. The number of carbonyl (C=O) groups is 3. The van der Waals surface area contributed by atoms with E-state index in [4.69, 9.17) is 14.2 Å². The molecule has 1 fully saturated rings. The molecule has 0 amide bonds. The third kappa shape index (κ3) is 44.8. The second kappa shape index (κ2) is 54.3. The van der Waals surface area contributed by atoms with Gasteiger partial charge in [-0.25, -0.2) is 0 Å². The Kier molecular flexibility index (Phi) is 51.6. The summed E-state index contributed by atoms with van der Waals surface area (Å²) in [6.07, 6.45) is 52.0. The van der Waals surface area contributed by atoms with Crippen molar-refractivity contribution >= 4 is 17.9 Å². The highest BCUT2D eigenvalue weighted by Gasteiger charge is 2.24. The Balaban J connectivity index is 2.74. The molecule has 0 spiro atoms. The third-order valence-corrected chi connectivity index (χ3v) is 16.6. The van der Waals surface area contributed by atoms with E-state index in [1.807, 2.05) is 0 Å². The van der Waals surface area contributed by atoms with Gasteiger partial charge in [-0.05, 0) is 95.6 Å². The van der Waals surface area contributed by atoms with E-state index in [9.17, 15) is 19.5 Å². The third-order valence-electron chi connectivity index (χ3n) is 16.6. The average Bonchev–Trinajstić information content (AvgIpc) is 3.95. The molecule has 9 heteroatoms. The van der Waals surface area contributed by atoms with E-state index >= 15 is 0 Å². The van der Waals surface area contributed by atoms with Crippen molar-refractivity contribution in [2.24, 2.45) is 17.8 Å². The molecule has 0 radical (unpaired) electrons. The Morgan fingerprint density at radius 2 is 0.747 bits per heavy atom. The van der Waals surface area contributed by atoms with Gasteiger partial charge in [-0.1, -0.05) is 234 Å². The second-order valence-corrected chi connectivity index (χ2v) is 23.7. The van der Waals surface area contributed by atoms with E-state index in [1.54, 1.807) is 0 Å². The zero-order valence-corrected chi connectivity index (χ0v) is 50.8. The fourth-order valence-electron chi connectivity index (χ4n) is 11.5. The van der Waals surface area contributed by atoms with Gasteiger partial charge < -0.3 is 19.3 Å². The van der Waals surface area contributed by atoms with Gasteiger partial charge in [0.25, 0.3) is 0 Å². The van der Waals surface area contributed by atoms with Crippen LogP contribution in [0.4, 0.5) is 0 Å². The number of nitrogens with zero attached hydrogens (tertiary/aromatic N) is 2.